The van der Waals surface area contributed by atoms with Crippen molar-refractivity contribution in [2.24, 2.45) is 0 Å². The summed E-state index contributed by atoms with van der Waals surface area (Å²) < 4.78 is 38.9. The Morgan fingerprint density at radius 1 is 1.18 bits per heavy atom. The van der Waals surface area contributed by atoms with Crippen LogP contribution in [0.2, 0.25) is 0 Å². The lowest BCUT2D eigenvalue weighted by molar-refractivity contribution is -0.148. The standard InChI is InChI=1S/C14H18F3N5/c15-14(16,17)10-21-7-4-11(5-8-21)18-9-13-20-19-12-3-1-2-6-22(12)13/h1-3,6,11,18H,4-5,7-10H2. The van der Waals surface area contributed by atoms with Crippen LogP contribution in [-0.2, 0) is 6.54 Å². The van der Waals surface area contributed by atoms with Crippen molar-refractivity contribution in [2.75, 3.05) is 19.6 Å². The lowest BCUT2D eigenvalue weighted by Crippen LogP contribution is -2.45. The third-order valence-corrected chi connectivity index (χ3v) is 3.92. The van der Waals surface area contributed by atoms with Gasteiger partial charge in [0, 0.05) is 12.2 Å². The maximum Gasteiger partial charge on any atom is 0.401 e. The molecule has 0 saturated carbocycles. The number of aromatic nitrogens is 3. The van der Waals surface area contributed by atoms with Crippen molar-refractivity contribution < 1.29 is 13.2 Å². The summed E-state index contributed by atoms with van der Waals surface area (Å²) in [5.74, 6) is 0.813. The summed E-state index contributed by atoms with van der Waals surface area (Å²) in [7, 11) is 0. The van der Waals surface area contributed by atoms with Gasteiger partial charge in [0.25, 0.3) is 0 Å². The minimum absolute atomic E-state index is 0.223. The summed E-state index contributed by atoms with van der Waals surface area (Å²) in [5, 5.41) is 11.6. The molecule has 2 aromatic heterocycles. The molecule has 1 fully saturated rings. The zero-order chi connectivity index (χ0) is 15.6. The number of nitrogens with one attached hydrogen (secondary N) is 1. The van der Waals surface area contributed by atoms with E-state index in [0.717, 1.165) is 11.5 Å². The largest absolute Gasteiger partial charge is 0.401 e. The van der Waals surface area contributed by atoms with Crippen LogP contribution < -0.4 is 5.32 Å². The zero-order valence-corrected chi connectivity index (χ0v) is 12.1. The summed E-state index contributed by atoms with van der Waals surface area (Å²) in [4.78, 5) is 1.46. The predicted octanol–water partition coefficient (Wildman–Crippen LogP) is 1.85. The van der Waals surface area contributed by atoms with E-state index in [2.05, 4.69) is 15.5 Å². The summed E-state index contributed by atoms with van der Waals surface area (Å²) >= 11 is 0. The first-order valence-electron chi connectivity index (χ1n) is 7.32. The molecule has 3 rings (SSSR count). The molecule has 1 aliphatic rings. The highest BCUT2D eigenvalue weighted by atomic mass is 19.4. The minimum atomic E-state index is -4.11. The van der Waals surface area contributed by atoms with Crippen LogP contribution >= 0.6 is 0 Å². The molecule has 1 N–H and O–H groups in total. The number of rotatable bonds is 4. The van der Waals surface area contributed by atoms with Gasteiger partial charge >= 0.3 is 6.18 Å². The van der Waals surface area contributed by atoms with Crippen LogP contribution in [0.5, 0.6) is 0 Å². The first kappa shape index (κ1) is 15.2. The SMILES string of the molecule is FC(F)(F)CN1CCC(NCc2nnc3ccccn23)CC1. The van der Waals surface area contributed by atoms with E-state index in [4.69, 9.17) is 0 Å². The fourth-order valence-corrected chi connectivity index (χ4v) is 2.80. The molecule has 3 heterocycles. The molecule has 5 nitrogen and oxygen atoms in total. The molecule has 8 heteroatoms. The van der Waals surface area contributed by atoms with E-state index in [9.17, 15) is 13.2 Å². The van der Waals surface area contributed by atoms with Crippen LogP contribution in [0.25, 0.3) is 5.65 Å². The van der Waals surface area contributed by atoms with Gasteiger partial charge in [0.05, 0.1) is 13.1 Å². The second kappa shape index (κ2) is 6.21. The van der Waals surface area contributed by atoms with Gasteiger partial charge in [0.2, 0.25) is 0 Å². The van der Waals surface area contributed by atoms with Gasteiger partial charge in [-0.05, 0) is 38.1 Å². The summed E-state index contributed by atoms with van der Waals surface area (Å²) in [6.45, 7) is 0.694. The topological polar surface area (TPSA) is 45.5 Å². The molecule has 0 aliphatic carbocycles. The lowest BCUT2D eigenvalue weighted by atomic mass is 10.1. The normalized spacial score (nSPS) is 18.1. The third kappa shape index (κ3) is 3.75. The maximum atomic E-state index is 12.3. The predicted molar refractivity (Wildman–Crippen MR) is 75.3 cm³/mol. The molecule has 120 valence electrons. The molecule has 1 saturated heterocycles. The Balaban J connectivity index is 1.49. The summed E-state index contributed by atoms with van der Waals surface area (Å²) in [6.07, 6.45) is -0.779. The molecule has 0 atom stereocenters. The van der Waals surface area contributed by atoms with Crippen LogP contribution in [0, 0.1) is 0 Å². The minimum Gasteiger partial charge on any atom is -0.307 e. The van der Waals surface area contributed by atoms with Crippen molar-refractivity contribution in [1.29, 1.82) is 0 Å². The first-order valence-corrected chi connectivity index (χ1v) is 7.32. The lowest BCUT2D eigenvalue weighted by Gasteiger charge is -2.32. The highest BCUT2D eigenvalue weighted by Gasteiger charge is 2.32. The number of nitrogens with zero attached hydrogens (tertiary/aromatic N) is 4. The van der Waals surface area contributed by atoms with Crippen LogP contribution in [-0.4, -0.2) is 51.4 Å². The van der Waals surface area contributed by atoms with Crippen molar-refractivity contribution in [1.82, 2.24) is 24.8 Å². The van der Waals surface area contributed by atoms with Crippen LogP contribution in [0.1, 0.15) is 18.7 Å². The van der Waals surface area contributed by atoms with Gasteiger partial charge in [0.1, 0.15) is 0 Å². The van der Waals surface area contributed by atoms with E-state index >= 15 is 0 Å². The van der Waals surface area contributed by atoms with Gasteiger partial charge in [0.15, 0.2) is 11.5 Å². The average Bonchev–Trinajstić information content (AvgIpc) is 2.88. The van der Waals surface area contributed by atoms with Crippen molar-refractivity contribution >= 4 is 5.65 Å². The van der Waals surface area contributed by atoms with E-state index in [-0.39, 0.29) is 6.04 Å². The van der Waals surface area contributed by atoms with Crippen LogP contribution in [0.3, 0.4) is 0 Å². The Morgan fingerprint density at radius 2 is 1.95 bits per heavy atom. The van der Waals surface area contributed by atoms with Crippen molar-refractivity contribution in [3.63, 3.8) is 0 Å². The van der Waals surface area contributed by atoms with Crippen LogP contribution in [0.15, 0.2) is 24.4 Å². The Kier molecular flexibility index (Phi) is 4.30. The molecular weight excluding hydrogens is 295 g/mol. The summed E-state index contributed by atoms with van der Waals surface area (Å²) in [6, 6.07) is 5.92. The number of alkyl halides is 3. The molecule has 0 radical (unpaired) electrons. The van der Waals surface area contributed by atoms with E-state index in [1.54, 1.807) is 0 Å². The van der Waals surface area contributed by atoms with Crippen molar-refractivity contribution in [2.45, 2.75) is 31.6 Å². The fourth-order valence-electron chi connectivity index (χ4n) is 2.80. The molecule has 1 aliphatic heterocycles. The van der Waals surface area contributed by atoms with Gasteiger partial charge in [-0.15, -0.1) is 10.2 Å². The van der Waals surface area contributed by atoms with Gasteiger partial charge in [-0.1, -0.05) is 6.07 Å². The van der Waals surface area contributed by atoms with Crippen LogP contribution in [0.4, 0.5) is 13.2 Å². The number of pyridine rings is 1. The van der Waals surface area contributed by atoms with Gasteiger partial charge in [-0.25, -0.2) is 0 Å². The highest BCUT2D eigenvalue weighted by Crippen LogP contribution is 2.19. The Bertz CT molecular complexity index is 616. The molecule has 22 heavy (non-hydrogen) atoms. The zero-order valence-electron chi connectivity index (χ0n) is 12.1. The number of fused-ring (bicyclic) bond motifs is 1. The van der Waals surface area contributed by atoms with Gasteiger partial charge in [-0.3, -0.25) is 9.30 Å². The molecule has 0 bridgehead atoms. The number of hydrogen-bond donors (Lipinski definition) is 1. The Morgan fingerprint density at radius 3 is 2.68 bits per heavy atom. The quantitative estimate of drug-likeness (QED) is 0.936. The molecule has 0 spiro atoms. The number of likely N-dealkylation sites (tertiary alicyclic amines) is 1. The fraction of sp³-hybridized carbons (Fsp3) is 0.571. The van der Waals surface area contributed by atoms with E-state index in [1.165, 1.54) is 4.90 Å². The molecule has 2 aromatic rings. The highest BCUT2D eigenvalue weighted by molar-refractivity contribution is 5.36. The maximum absolute atomic E-state index is 12.3. The first-order chi connectivity index (χ1) is 10.5. The Labute approximate surface area is 126 Å². The average molecular weight is 313 g/mol. The number of piperidine rings is 1. The van der Waals surface area contributed by atoms with E-state index in [1.807, 2.05) is 28.8 Å². The van der Waals surface area contributed by atoms with Gasteiger partial charge in [-0.2, -0.15) is 13.2 Å². The molecule has 0 amide bonds. The van der Waals surface area contributed by atoms with Gasteiger partial charge < -0.3 is 5.32 Å². The smallest absolute Gasteiger partial charge is 0.307 e. The molecule has 0 unspecified atom stereocenters. The van der Waals surface area contributed by atoms with Crippen molar-refractivity contribution in [3.05, 3.63) is 30.2 Å². The number of halogens is 3. The third-order valence-electron chi connectivity index (χ3n) is 3.92. The monoisotopic (exact) mass is 313 g/mol. The van der Waals surface area contributed by atoms with Crippen molar-refractivity contribution in [3.8, 4) is 0 Å². The van der Waals surface area contributed by atoms with E-state index in [0.29, 0.717) is 32.5 Å². The van der Waals surface area contributed by atoms with E-state index < -0.39 is 12.7 Å². The number of hydrogen-bond acceptors (Lipinski definition) is 4. The molecular formula is C14H18F3N5. The molecule has 0 aromatic carbocycles. The Hall–Kier alpha value is -1.67. The second-order valence-electron chi connectivity index (χ2n) is 5.59. The second-order valence-corrected chi connectivity index (χ2v) is 5.59. The summed E-state index contributed by atoms with van der Waals surface area (Å²) in [5.41, 5.74) is 0.791.